The number of pyridine rings is 2. The summed E-state index contributed by atoms with van der Waals surface area (Å²) in [7, 11) is 0. The molecule has 0 spiro atoms. The fraction of sp³-hybridized carbons (Fsp3) is 0.438. The van der Waals surface area contributed by atoms with Crippen LogP contribution < -0.4 is 5.56 Å². The van der Waals surface area contributed by atoms with Crippen LogP contribution >= 0.6 is 11.6 Å². The first-order chi connectivity index (χ1) is 12.3. The number of alkyl halides is 3. The van der Waals surface area contributed by atoms with Gasteiger partial charge < -0.3 is 4.74 Å². The van der Waals surface area contributed by atoms with Gasteiger partial charge in [-0.1, -0.05) is 11.6 Å². The SMILES string of the molecule is O=c1c2cnn(C3CCCCO3)c2c2cnc(Cl)cc2n1CC(F)(F)F. The van der Waals surface area contributed by atoms with E-state index in [1.165, 1.54) is 18.5 Å². The lowest BCUT2D eigenvalue weighted by Gasteiger charge is -2.24. The summed E-state index contributed by atoms with van der Waals surface area (Å²) < 4.78 is 46.9. The summed E-state index contributed by atoms with van der Waals surface area (Å²) >= 11 is 5.87. The van der Waals surface area contributed by atoms with Crippen LogP contribution in [-0.2, 0) is 11.3 Å². The molecule has 0 radical (unpaired) electrons. The van der Waals surface area contributed by atoms with Crippen molar-refractivity contribution in [1.82, 2.24) is 19.3 Å². The molecule has 1 atom stereocenters. The van der Waals surface area contributed by atoms with Crippen molar-refractivity contribution in [2.75, 3.05) is 6.61 Å². The summed E-state index contributed by atoms with van der Waals surface area (Å²) in [6.45, 7) is -0.844. The lowest BCUT2D eigenvalue weighted by molar-refractivity contribution is -0.140. The number of rotatable bonds is 2. The zero-order valence-electron chi connectivity index (χ0n) is 13.5. The van der Waals surface area contributed by atoms with Crippen LogP contribution in [0.25, 0.3) is 21.8 Å². The molecule has 0 amide bonds. The molecule has 4 heterocycles. The number of ether oxygens (including phenoxy) is 1. The van der Waals surface area contributed by atoms with Gasteiger partial charge in [-0.15, -0.1) is 0 Å². The predicted octanol–water partition coefficient (Wildman–Crippen LogP) is 3.66. The molecule has 6 nitrogen and oxygen atoms in total. The van der Waals surface area contributed by atoms with Gasteiger partial charge in [-0.25, -0.2) is 9.67 Å². The molecular formula is C16H14ClF3N4O2. The van der Waals surface area contributed by atoms with Gasteiger partial charge in [-0.05, 0) is 25.3 Å². The van der Waals surface area contributed by atoms with Crippen LogP contribution in [-0.4, -0.2) is 32.1 Å². The molecule has 0 saturated carbocycles. The van der Waals surface area contributed by atoms with Gasteiger partial charge in [-0.2, -0.15) is 18.3 Å². The quantitative estimate of drug-likeness (QED) is 0.631. The van der Waals surface area contributed by atoms with Crippen LogP contribution in [0.3, 0.4) is 0 Å². The van der Waals surface area contributed by atoms with Gasteiger partial charge >= 0.3 is 6.18 Å². The Hall–Kier alpha value is -2.13. The summed E-state index contributed by atoms with van der Waals surface area (Å²) in [5.74, 6) is 0. The first kappa shape index (κ1) is 17.3. The topological polar surface area (TPSA) is 61.9 Å². The molecule has 0 aromatic carbocycles. The molecule has 0 N–H and O–H groups in total. The maximum atomic E-state index is 13.0. The second-order valence-electron chi connectivity index (χ2n) is 6.20. The molecule has 3 aromatic heterocycles. The first-order valence-corrected chi connectivity index (χ1v) is 8.46. The normalized spacial score (nSPS) is 18.7. The van der Waals surface area contributed by atoms with Crippen molar-refractivity contribution >= 4 is 33.4 Å². The first-order valence-electron chi connectivity index (χ1n) is 8.09. The Labute approximate surface area is 150 Å². The van der Waals surface area contributed by atoms with Crippen molar-refractivity contribution in [2.24, 2.45) is 0 Å². The monoisotopic (exact) mass is 386 g/mol. The maximum absolute atomic E-state index is 13.0. The Balaban J connectivity index is 2.03. The molecule has 1 aliphatic heterocycles. The third kappa shape index (κ3) is 2.95. The van der Waals surface area contributed by atoms with E-state index in [0.717, 1.165) is 12.8 Å². The van der Waals surface area contributed by atoms with E-state index < -0.39 is 18.3 Å². The molecule has 10 heteroatoms. The minimum Gasteiger partial charge on any atom is -0.356 e. The van der Waals surface area contributed by atoms with Gasteiger partial charge in [0.25, 0.3) is 5.56 Å². The zero-order chi connectivity index (χ0) is 18.5. The second kappa shape index (κ2) is 6.24. The van der Waals surface area contributed by atoms with Crippen molar-refractivity contribution in [3.8, 4) is 0 Å². The van der Waals surface area contributed by atoms with Crippen molar-refractivity contribution < 1.29 is 17.9 Å². The molecule has 1 aliphatic rings. The number of hydrogen-bond acceptors (Lipinski definition) is 4. The maximum Gasteiger partial charge on any atom is 0.406 e. The fourth-order valence-electron chi connectivity index (χ4n) is 3.34. The van der Waals surface area contributed by atoms with E-state index in [0.29, 0.717) is 28.5 Å². The highest BCUT2D eigenvalue weighted by Crippen LogP contribution is 2.31. The lowest BCUT2D eigenvalue weighted by Crippen LogP contribution is -2.29. The van der Waals surface area contributed by atoms with Crippen LogP contribution in [0, 0.1) is 0 Å². The number of nitrogens with zero attached hydrogens (tertiary/aromatic N) is 4. The van der Waals surface area contributed by atoms with Gasteiger partial charge in [0.2, 0.25) is 0 Å². The van der Waals surface area contributed by atoms with Crippen molar-refractivity contribution in [3.63, 3.8) is 0 Å². The van der Waals surface area contributed by atoms with E-state index >= 15 is 0 Å². The zero-order valence-corrected chi connectivity index (χ0v) is 14.2. The van der Waals surface area contributed by atoms with Crippen LogP contribution in [0.4, 0.5) is 13.2 Å². The molecule has 3 aromatic rings. The smallest absolute Gasteiger partial charge is 0.356 e. The number of halogens is 4. The summed E-state index contributed by atoms with van der Waals surface area (Å²) in [5.41, 5.74) is -0.286. The number of fused-ring (bicyclic) bond motifs is 3. The van der Waals surface area contributed by atoms with E-state index in [-0.39, 0.29) is 22.3 Å². The summed E-state index contributed by atoms with van der Waals surface area (Å²) in [5, 5.41) is 4.71. The minimum absolute atomic E-state index is 0.00663. The molecule has 4 rings (SSSR count). The number of aromatic nitrogens is 4. The van der Waals surface area contributed by atoms with Crippen molar-refractivity contribution in [1.29, 1.82) is 0 Å². The highest BCUT2D eigenvalue weighted by Gasteiger charge is 2.31. The van der Waals surface area contributed by atoms with E-state index in [2.05, 4.69) is 10.1 Å². The molecule has 1 fully saturated rings. The summed E-state index contributed by atoms with van der Waals surface area (Å²) in [4.78, 5) is 16.7. The Morgan fingerprint density at radius 2 is 2.08 bits per heavy atom. The molecule has 26 heavy (non-hydrogen) atoms. The van der Waals surface area contributed by atoms with Crippen LogP contribution in [0.15, 0.2) is 23.3 Å². The molecule has 1 saturated heterocycles. The van der Waals surface area contributed by atoms with Gasteiger partial charge in [0, 0.05) is 18.2 Å². The number of hydrogen-bond donors (Lipinski definition) is 0. The third-order valence-electron chi connectivity index (χ3n) is 4.43. The van der Waals surface area contributed by atoms with Gasteiger partial charge in [0.05, 0.1) is 22.6 Å². The largest absolute Gasteiger partial charge is 0.406 e. The van der Waals surface area contributed by atoms with Crippen LogP contribution in [0.2, 0.25) is 5.15 Å². The predicted molar refractivity (Wildman–Crippen MR) is 89.2 cm³/mol. The Morgan fingerprint density at radius 1 is 1.27 bits per heavy atom. The third-order valence-corrected chi connectivity index (χ3v) is 4.64. The molecule has 0 aliphatic carbocycles. The summed E-state index contributed by atoms with van der Waals surface area (Å²) in [6.07, 6.45) is 0.334. The minimum atomic E-state index is -4.55. The molecular weight excluding hydrogens is 373 g/mol. The van der Waals surface area contributed by atoms with Gasteiger partial charge in [-0.3, -0.25) is 9.36 Å². The standard InChI is InChI=1S/C16H14ClF3N4O2/c17-12-5-11-9(6-21-12)14-10(15(25)23(11)8-16(18,19)20)7-22-24(14)13-3-1-2-4-26-13/h5-7,13H,1-4,8H2. The Bertz CT molecular complexity index is 1040. The lowest BCUT2D eigenvalue weighted by atomic mass is 10.1. The molecule has 0 bridgehead atoms. The average Bonchev–Trinajstić information content (AvgIpc) is 3.03. The van der Waals surface area contributed by atoms with Crippen LogP contribution in [0.1, 0.15) is 25.5 Å². The van der Waals surface area contributed by atoms with E-state index in [1.54, 1.807) is 4.68 Å². The van der Waals surface area contributed by atoms with Gasteiger partial charge in [0.1, 0.15) is 11.7 Å². The highest BCUT2D eigenvalue weighted by atomic mass is 35.5. The van der Waals surface area contributed by atoms with E-state index in [1.807, 2.05) is 0 Å². The van der Waals surface area contributed by atoms with E-state index in [4.69, 9.17) is 16.3 Å². The Kier molecular flexibility index (Phi) is 4.15. The van der Waals surface area contributed by atoms with Crippen molar-refractivity contribution in [2.45, 2.75) is 38.2 Å². The fourth-order valence-corrected chi connectivity index (χ4v) is 3.49. The van der Waals surface area contributed by atoms with Gasteiger partial charge in [0.15, 0.2) is 6.23 Å². The molecule has 138 valence electrons. The second-order valence-corrected chi connectivity index (χ2v) is 6.59. The average molecular weight is 387 g/mol. The van der Waals surface area contributed by atoms with Crippen LogP contribution in [0.5, 0.6) is 0 Å². The summed E-state index contributed by atoms with van der Waals surface area (Å²) in [6, 6.07) is 1.27. The molecule has 1 unspecified atom stereocenters. The van der Waals surface area contributed by atoms with Crippen molar-refractivity contribution in [3.05, 3.63) is 34.0 Å². The highest BCUT2D eigenvalue weighted by molar-refractivity contribution is 6.30. The Morgan fingerprint density at radius 3 is 2.77 bits per heavy atom. The van der Waals surface area contributed by atoms with E-state index in [9.17, 15) is 18.0 Å².